The lowest BCUT2D eigenvalue weighted by Crippen LogP contribution is -2.09. The third-order valence-corrected chi connectivity index (χ3v) is 3.27. The molecule has 4 heteroatoms. The first kappa shape index (κ1) is 13.1. The van der Waals surface area contributed by atoms with Gasteiger partial charge in [-0.15, -0.1) is 0 Å². The van der Waals surface area contributed by atoms with Gasteiger partial charge in [0.2, 0.25) is 5.88 Å². The Morgan fingerprint density at radius 3 is 2.67 bits per heavy atom. The first-order valence-electron chi connectivity index (χ1n) is 6.98. The molecule has 1 aliphatic carbocycles. The van der Waals surface area contributed by atoms with Gasteiger partial charge in [0.05, 0.1) is 12.2 Å². The highest BCUT2D eigenvalue weighted by atomic mass is 16.5. The van der Waals surface area contributed by atoms with E-state index in [9.17, 15) is 0 Å². The Morgan fingerprint density at radius 1 is 1.28 bits per heavy atom. The molecule has 1 saturated carbocycles. The lowest BCUT2D eigenvalue weighted by Gasteiger charge is -2.13. The number of anilines is 1. The fourth-order valence-electron chi connectivity index (χ4n) is 1.91. The molecule has 0 aromatic carbocycles. The van der Waals surface area contributed by atoms with Crippen molar-refractivity contribution in [3.63, 3.8) is 0 Å². The van der Waals surface area contributed by atoms with E-state index in [-0.39, 0.29) is 0 Å². The molecule has 0 bridgehead atoms. The van der Waals surface area contributed by atoms with Crippen LogP contribution in [0, 0.1) is 12.8 Å². The van der Waals surface area contributed by atoms with Gasteiger partial charge in [0.15, 0.2) is 0 Å². The second kappa shape index (κ2) is 6.03. The van der Waals surface area contributed by atoms with Gasteiger partial charge in [0.25, 0.3) is 0 Å². The van der Waals surface area contributed by atoms with Gasteiger partial charge in [-0.25, -0.2) is 4.98 Å². The summed E-state index contributed by atoms with van der Waals surface area (Å²) in [6.07, 6.45) is 4.73. The number of hydrogen-bond acceptors (Lipinski definition) is 4. The predicted octanol–water partition coefficient (Wildman–Crippen LogP) is 2.96. The molecular formula is C14H23N3O. The van der Waals surface area contributed by atoms with Gasteiger partial charge in [-0.1, -0.05) is 19.8 Å². The van der Waals surface area contributed by atoms with E-state index in [2.05, 4.69) is 29.1 Å². The van der Waals surface area contributed by atoms with Gasteiger partial charge in [0.1, 0.15) is 11.6 Å². The van der Waals surface area contributed by atoms with Crippen LogP contribution in [0.15, 0.2) is 0 Å². The van der Waals surface area contributed by atoms with Crippen LogP contribution in [0.4, 0.5) is 5.82 Å². The average Bonchev–Trinajstić information content (AvgIpc) is 3.18. The second-order valence-electron chi connectivity index (χ2n) is 4.88. The molecule has 0 radical (unpaired) electrons. The molecule has 0 atom stereocenters. The highest BCUT2D eigenvalue weighted by Gasteiger charge is 2.21. The lowest BCUT2D eigenvalue weighted by molar-refractivity contribution is 0.288. The van der Waals surface area contributed by atoms with Crippen molar-refractivity contribution in [1.82, 2.24) is 9.97 Å². The zero-order valence-corrected chi connectivity index (χ0v) is 11.6. The molecule has 0 spiro atoms. The second-order valence-corrected chi connectivity index (χ2v) is 4.88. The molecule has 1 heterocycles. The van der Waals surface area contributed by atoms with Crippen LogP contribution in [0.3, 0.4) is 0 Å². The van der Waals surface area contributed by atoms with Gasteiger partial charge >= 0.3 is 0 Å². The van der Waals surface area contributed by atoms with Crippen LogP contribution in [0.25, 0.3) is 0 Å². The predicted molar refractivity (Wildman–Crippen MR) is 73.1 cm³/mol. The maximum Gasteiger partial charge on any atom is 0.221 e. The maximum atomic E-state index is 5.83. The van der Waals surface area contributed by atoms with Crippen LogP contribution in [0.5, 0.6) is 5.88 Å². The quantitative estimate of drug-likeness (QED) is 0.807. The van der Waals surface area contributed by atoms with E-state index in [1.54, 1.807) is 0 Å². The summed E-state index contributed by atoms with van der Waals surface area (Å²) in [7, 11) is 0. The van der Waals surface area contributed by atoms with Gasteiger partial charge in [-0.05, 0) is 26.2 Å². The molecule has 4 nitrogen and oxygen atoms in total. The van der Waals surface area contributed by atoms with Crippen LogP contribution in [0.2, 0.25) is 0 Å². The Morgan fingerprint density at radius 2 is 2.06 bits per heavy atom. The fraction of sp³-hybridized carbons (Fsp3) is 0.714. The smallest absolute Gasteiger partial charge is 0.221 e. The Kier molecular flexibility index (Phi) is 4.39. The Labute approximate surface area is 109 Å². The SMILES string of the molecule is CCNc1nc(CC)nc(OCCC2CC2)c1C. The summed E-state index contributed by atoms with van der Waals surface area (Å²) in [4.78, 5) is 8.97. The van der Waals surface area contributed by atoms with E-state index < -0.39 is 0 Å². The fourth-order valence-corrected chi connectivity index (χ4v) is 1.91. The Bertz CT molecular complexity index is 402. The minimum absolute atomic E-state index is 0.749. The summed E-state index contributed by atoms with van der Waals surface area (Å²) < 4.78 is 5.83. The lowest BCUT2D eigenvalue weighted by atomic mass is 10.3. The molecule has 0 unspecified atom stereocenters. The van der Waals surface area contributed by atoms with Crippen LogP contribution < -0.4 is 10.1 Å². The van der Waals surface area contributed by atoms with Crippen LogP contribution in [0.1, 0.15) is 44.5 Å². The third-order valence-electron chi connectivity index (χ3n) is 3.27. The maximum absolute atomic E-state index is 5.83. The molecule has 0 amide bonds. The molecule has 2 rings (SSSR count). The van der Waals surface area contributed by atoms with Crippen molar-refractivity contribution >= 4 is 5.82 Å². The molecule has 1 aliphatic rings. The van der Waals surface area contributed by atoms with Crippen molar-refractivity contribution in [2.24, 2.45) is 5.92 Å². The number of aryl methyl sites for hydroxylation is 1. The van der Waals surface area contributed by atoms with Crippen molar-refractivity contribution in [1.29, 1.82) is 0 Å². The minimum Gasteiger partial charge on any atom is -0.477 e. The zero-order valence-electron chi connectivity index (χ0n) is 11.6. The minimum atomic E-state index is 0.749. The molecule has 1 aromatic rings. The van der Waals surface area contributed by atoms with E-state index in [0.717, 1.165) is 55.0 Å². The highest BCUT2D eigenvalue weighted by Crippen LogP contribution is 2.32. The molecule has 1 N–H and O–H groups in total. The van der Waals surface area contributed by atoms with Gasteiger partial charge in [-0.3, -0.25) is 0 Å². The molecule has 0 saturated heterocycles. The monoisotopic (exact) mass is 249 g/mol. The molecular weight excluding hydrogens is 226 g/mol. The number of nitrogens with one attached hydrogen (secondary N) is 1. The van der Waals surface area contributed by atoms with Crippen molar-refractivity contribution in [2.75, 3.05) is 18.5 Å². The van der Waals surface area contributed by atoms with Crippen molar-refractivity contribution < 1.29 is 4.74 Å². The number of rotatable bonds is 7. The topological polar surface area (TPSA) is 47.0 Å². The zero-order chi connectivity index (χ0) is 13.0. The van der Waals surface area contributed by atoms with Gasteiger partial charge < -0.3 is 10.1 Å². The van der Waals surface area contributed by atoms with Crippen LogP contribution in [-0.4, -0.2) is 23.1 Å². The van der Waals surface area contributed by atoms with Gasteiger partial charge in [0, 0.05) is 13.0 Å². The first-order valence-corrected chi connectivity index (χ1v) is 6.98. The molecule has 18 heavy (non-hydrogen) atoms. The Balaban J connectivity index is 2.07. The van der Waals surface area contributed by atoms with Crippen LogP contribution >= 0.6 is 0 Å². The summed E-state index contributed by atoms with van der Waals surface area (Å²) in [5, 5.41) is 3.27. The van der Waals surface area contributed by atoms with E-state index in [1.165, 1.54) is 12.8 Å². The normalized spacial score (nSPS) is 14.6. The van der Waals surface area contributed by atoms with E-state index in [1.807, 2.05) is 6.92 Å². The number of ether oxygens (including phenoxy) is 1. The van der Waals surface area contributed by atoms with Crippen molar-refractivity contribution in [2.45, 2.75) is 46.5 Å². The van der Waals surface area contributed by atoms with E-state index in [4.69, 9.17) is 4.74 Å². The van der Waals surface area contributed by atoms with E-state index in [0.29, 0.717) is 0 Å². The van der Waals surface area contributed by atoms with E-state index >= 15 is 0 Å². The summed E-state index contributed by atoms with van der Waals surface area (Å²) in [6.45, 7) is 7.79. The summed E-state index contributed by atoms with van der Waals surface area (Å²) in [6, 6.07) is 0. The summed E-state index contributed by atoms with van der Waals surface area (Å²) in [5.41, 5.74) is 1.02. The number of aromatic nitrogens is 2. The Hall–Kier alpha value is -1.32. The standard InChI is InChI=1S/C14H23N3O/c1-4-12-16-13(15-5-2)10(3)14(17-12)18-9-8-11-6-7-11/h11H,4-9H2,1-3H3,(H,15,16,17). The highest BCUT2D eigenvalue weighted by molar-refractivity contribution is 5.48. The molecule has 0 aliphatic heterocycles. The number of hydrogen-bond donors (Lipinski definition) is 1. The van der Waals surface area contributed by atoms with Crippen LogP contribution in [-0.2, 0) is 6.42 Å². The first-order chi connectivity index (χ1) is 8.74. The molecule has 1 fully saturated rings. The molecule has 1 aromatic heterocycles. The van der Waals surface area contributed by atoms with Crippen molar-refractivity contribution in [3.05, 3.63) is 11.4 Å². The van der Waals surface area contributed by atoms with Gasteiger partial charge in [-0.2, -0.15) is 4.98 Å². The number of nitrogens with zero attached hydrogens (tertiary/aromatic N) is 2. The van der Waals surface area contributed by atoms with Crippen molar-refractivity contribution in [3.8, 4) is 5.88 Å². The average molecular weight is 249 g/mol. The summed E-state index contributed by atoms with van der Waals surface area (Å²) in [5.74, 6) is 3.40. The largest absolute Gasteiger partial charge is 0.477 e. The molecule has 100 valence electrons. The summed E-state index contributed by atoms with van der Waals surface area (Å²) >= 11 is 0. The third kappa shape index (κ3) is 3.34.